The number of nitrogens with zero attached hydrogens (tertiary/aromatic N) is 3. The average Bonchev–Trinajstić information content (AvgIpc) is 3.30. The van der Waals surface area contributed by atoms with Crippen LogP contribution in [0, 0.1) is 26.6 Å². The summed E-state index contributed by atoms with van der Waals surface area (Å²) in [6.07, 6.45) is 1.29. The zero-order valence-electron chi connectivity index (χ0n) is 16.5. The number of aryl methyl sites for hydroxylation is 3. The Kier molecular flexibility index (Phi) is 5.00. The van der Waals surface area contributed by atoms with Gasteiger partial charge in [0.15, 0.2) is 0 Å². The molecule has 0 amide bonds. The topological polar surface area (TPSA) is 76.3 Å². The van der Waals surface area contributed by atoms with Crippen LogP contribution < -0.4 is 0 Å². The molecule has 152 valence electrons. The number of hydrogen-bond donors (Lipinski definition) is 0. The fourth-order valence-corrected chi connectivity index (χ4v) is 6.15. The van der Waals surface area contributed by atoms with Gasteiger partial charge in [-0.1, -0.05) is 35.0 Å². The first-order valence-electron chi connectivity index (χ1n) is 9.46. The molecule has 1 aliphatic heterocycles. The van der Waals surface area contributed by atoms with Gasteiger partial charge in [-0.15, -0.1) is 0 Å². The van der Waals surface area contributed by atoms with Gasteiger partial charge >= 0.3 is 0 Å². The molecule has 1 fully saturated rings. The van der Waals surface area contributed by atoms with Gasteiger partial charge in [-0.05, 0) is 56.9 Å². The van der Waals surface area contributed by atoms with Gasteiger partial charge in [0.25, 0.3) is 0 Å². The van der Waals surface area contributed by atoms with Crippen LogP contribution in [0.25, 0.3) is 11.4 Å². The summed E-state index contributed by atoms with van der Waals surface area (Å²) in [5.74, 6) is 0.0726. The summed E-state index contributed by atoms with van der Waals surface area (Å²) in [5, 5.41) is 3.93. The molecule has 0 spiro atoms. The molecule has 1 atom stereocenters. The van der Waals surface area contributed by atoms with Gasteiger partial charge in [-0.25, -0.2) is 12.8 Å². The Bertz CT molecular complexity index is 1150. The molecular weight excluding hydrogens is 393 g/mol. The third-order valence-electron chi connectivity index (χ3n) is 5.18. The van der Waals surface area contributed by atoms with Crippen molar-refractivity contribution in [3.63, 3.8) is 0 Å². The molecule has 0 unspecified atom stereocenters. The van der Waals surface area contributed by atoms with Crippen LogP contribution in [-0.2, 0) is 10.0 Å². The molecule has 1 saturated heterocycles. The molecule has 3 aromatic rings. The van der Waals surface area contributed by atoms with Crippen molar-refractivity contribution in [1.82, 2.24) is 14.4 Å². The van der Waals surface area contributed by atoms with E-state index >= 15 is 0 Å². The maximum Gasteiger partial charge on any atom is 0.245 e. The SMILES string of the molecule is Cc1cc(C)c(S(=O)(=O)N2CCC[C@H]2c2nc(-c3cccc(F)c3)no2)c(C)c1. The van der Waals surface area contributed by atoms with Crippen LogP contribution in [0.15, 0.2) is 45.8 Å². The number of halogens is 1. The molecule has 0 bridgehead atoms. The van der Waals surface area contributed by atoms with Crippen molar-refractivity contribution in [2.75, 3.05) is 6.54 Å². The molecule has 2 heterocycles. The lowest BCUT2D eigenvalue weighted by atomic mass is 10.1. The monoisotopic (exact) mass is 415 g/mol. The van der Waals surface area contributed by atoms with Crippen molar-refractivity contribution < 1.29 is 17.3 Å². The number of rotatable bonds is 4. The van der Waals surface area contributed by atoms with Gasteiger partial charge in [0, 0.05) is 12.1 Å². The Labute approximate surface area is 169 Å². The summed E-state index contributed by atoms with van der Waals surface area (Å²) in [5.41, 5.74) is 2.95. The Morgan fingerprint density at radius 1 is 1.14 bits per heavy atom. The normalized spacial score (nSPS) is 17.7. The van der Waals surface area contributed by atoms with E-state index in [1.165, 1.54) is 16.4 Å². The summed E-state index contributed by atoms with van der Waals surface area (Å²) in [7, 11) is -3.73. The number of sulfonamides is 1. The van der Waals surface area contributed by atoms with Gasteiger partial charge in [-0.2, -0.15) is 9.29 Å². The van der Waals surface area contributed by atoms with E-state index in [2.05, 4.69) is 10.1 Å². The van der Waals surface area contributed by atoms with Crippen molar-refractivity contribution in [3.8, 4) is 11.4 Å². The summed E-state index contributed by atoms with van der Waals surface area (Å²) in [6, 6.07) is 9.11. The molecule has 0 saturated carbocycles. The van der Waals surface area contributed by atoms with Crippen LogP contribution >= 0.6 is 0 Å². The molecule has 0 radical (unpaired) electrons. The molecule has 2 aromatic carbocycles. The fraction of sp³-hybridized carbons (Fsp3) is 0.333. The fourth-order valence-electron chi connectivity index (χ4n) is 4.08. The lowest BCUT2D eigenvalue weighted by Crippen LogP contribution is -2.32. The van der Waals surface area contributed by atoms with E-state index in [4.69, 9.17) is 4.52 Å². The van der Waals surface area contributed by atoms with Gasteiger partial charge in [0.1, 0.15) is 11.9 Å². The molecule has 1 aromatic heterocycles. The average molecular weight is 415 g/mol. The first-order valence-corrected chi connectivity index (χ1v) is 10.9. The smallest absolute Gasteiger partial charge is 0.245 e. The van der Waals surface area contributed by atoms with Gasteiger partial charge in [0.2, 0.25) is 21.7 Å². The molecular formula is C21H22FN3O3S. The van der Waals surface area contributed by atoms with Crippen molar-refractivity contribution in [2.24, 2.45) is 0 Å². The van der Waals surface area contributed by atoms with Crippen LogP contribution in [0.2, 0.25) is 0 Å². The second-order valence-corrected chi connectivity index (χ2v) is 9.30. The Hall–Kier alpha value is -2.58. The summed E-state index contributed by atoms with van der Waals surface area (Å²) >= 11 is 0. The highest BCUT2D eigenvalue weighted by molar-refractivity contribution is 7.89. The maximum absolute atomic E-state index is 13.5. The third kappa shape index (κ3) is 3.58. The van der Waals surface area contributed by atoms with Crippen molar-refractivity contribution >= 4 is 10.0 Å². The summed E-state index contributed by atoms with van der Waals surface area (Å²) < 4.78 is 47.3. The van der Waals surface area contributed by atoms with Gasteiger partial charge in [0.05, 0.1) is 4.90 Å². The van der Waals surface area contributed by atoms with Crippen molar-refractivity contribution in [1.29, 1.82) is 0 Å². The minimum atomic E-state index is -3.73. The number of hydrogen-bond acceptors (Lipinski definition) is 5. The highest BCUT2D eigenvalue weighted by Gasteiger charge is 2.40. The highest BCUT2D eigenvalue weighted by Crippen LogP contribution is 2.38. The Balaban J connectivity index is 1.70. The maximum atomic E-state index is 13.5. The van der Waals surface area contributed by atoms with E-state index in [9.17, 15) is 12.8 Å². The predicted molar refractivity (Wildman–Crippen MR) is 106 cm³/mol. The molecule has 6 nitrogen and oxygen atoms in total. The van der Waals surface area contributed by atoms with Crippen LogP contribution in [0.1, 0.15) is 41.5 Å². The summed E-state index contributed by atoms with van der Waals surface area (Å²) in [4.78, 5) is 4.70. The zero-order valence-corrected chi connectivity index (χ0v) is 17.3. The molecule has 4 rings (SSSR count). The van der Waals surface area contributed by atoms with E-state index in [0.29, 0.717) is 29.8 Å². The van der Waals surface area contributed by atoms with Gasteiger partial charge < -0.3 is 4.52 Å². The quantitative estimate of drug-likeness (QED) is 0.634. The van der Waals surface area contributed by atoms with Crippen LogP contribution in [0.3, 0.4) is 0 Å². The minimum absolute atomic E-state index is 0.229. The van der Waals surface area contributed by atoms with Crippen LogP contribution in [0.5, 0.6) is 0 Å². The lowest BCUT2D eigenvalue weighted by Gasteiger charge is -2.23. The minimum Gasteiger partial charge on any atom is -0.337 e. The Morgan fingerprint density at radius 2 is 1.86 bits per heavy atom. The highest BCUT2D eigenvalue weighted by atomic mass is 32.2. The standard InChI is InChI=1S/C21H22FN3O3S/c1-13-10-14(2)19(15(3)11-13)29(26,27)25-9-5-8-18(25)21-23-20(24-28-21)16-6-4-7-17(22)12-16/h4,6-7,10-12,18H,5,8-9H2,1-3H3/t18-/m0/s1. The zero-order chi connectivity index (χ0) is 20.8. The van der Waals surface area contributed by atoms with Crippen molar-refractivity contribution in [2.45, 2.75) is 44.6 Å². The molecule has 1 aliphatic rings. The van der Waals surface area contributed by atoms with Crippen molar-refractivity contribution in [3.05, 3.63) is 64.8 Å². The first kappa shape index (κ1) is 19.7. The second kappa shape index (κ2) is 7.35. The third-order valence-corrected chi connectivity index (χ3v) is 7.40. The first-order chi connectivity index (χ1) is 13.8. The second-order valence-electron chi connectivity index (χ2n) is 7.47. The molecule has 8 heteroatoms. The molecule has 0 N–H and O–H groups in total. The summed E-state index contributed by atoms with van der Waals surface area (Å²) in [6.45, 7) is 5.96. The number of aromatic nitrogens is 2. The van der Waals surface area contributed by atoms with Crippen LogP contribution in [0.4, 0.5) is 4.39 Å². The molecule has 0 aliphatic carbocycles. The number of benzene rings is 2. The van der Waals surface area contributed by atoms with E-state index < -0.39 is 21.9 Å². The van der Waals surface area contributed by atoms with E-state index in [-0.39, 0.29) is 11.7 Å². The predicted octanol–water partition coefficient (Wildman–Crippen LogP) is 4.33. The van der Waals surface area contributed by atoms with Crippen LogP contribution in [-0.4, -0.2) is 29.4 Å². The largest absolute Gasteiger partial charge is 0.337 e. The Morgan fingerprint density at radius 3 is 2.55 bits per heavy atom. The van der Waals surface area contributed by atoms with E-state index in [1.807, 2.05) is 32.9 Å². The van der Waals surface area contributed by atoms with E-state index in [1.54, 1.807) is 12.1 Å². The van der Waals surface area contributed by atoms with Gasteiger partial charge in [-0.3, -0.25) is 0 Å². The molecule has 29 heavy (non-hydrogen) atoms. The lowest BCUT2D eigenvalue weighted by molar-refractivity contribution is 0.290. The van der Waals surface area contributed by atoms with E-state index in [0.717, 1.165) is 16.7 Å².